The average molecular weight is 312 g/mol. The van der Waals surface area contributed by atoms with Crippen LogP contribution in [0.5, 0.6) is 0 Å². The number of halogens is 1. The topological polar surface area (TPSA) is 44.3 Å². The van der Waals surface area contributed by atoms with Crippen molar-refractivity contribution in [3.05, 3.63) is 18.1 Å². The van der Waals surface area contributed by atoms with Crippen LogP contribution in [-0.4, -0.2) is 60.7 Å². The second kappa shape index (κ2) is 6.90. The van der Waals surface area contributed by atoms with Gasteiger partial charge in [0, 0.05) is 45.5 Å². The molecule has 0 radical (unpaired) electrons. The molecule has 0 aromatic carbocycles. The third-order valence-electron chi connectivity index (χ3n) is 4.52. The molecule has 3 heterocycles. The number of rotatable bonds is 3. The Balaban J connectivity index is 0.00000161. The van der Waals surface area contributed by atoms with Crippen molar-refractivity contribution in [2.24, 2.45) is 5.41 Å². The van der Waals surface area contributed by atoms with Crippen molar-refractivity contribution in [2.45, 2.75) is 20.3 Å². The zero-order chi connectivity index (χ0) is 14.0. The first-order valence-corrected chi connectivity index (χ1v) is 7.62. The molecule has 3 rings (SSSR count). The summed E-state index contributed by atoms with van der Waals surface area (Å²) in [6.45, 7) is 12.3. The zero-order valence-electron chi connectivity index (χ0n) is 13.0. The largest absolute Gasteiger partial charge is 0.354 e. The Morgan fingerprint density at radius 3 is 2.67 bits per heavy atom. The molecule has 1 aromatic heterocycles. The maximum absolute atomic E-state index is 4.53. The van der Waals surface area contributed by atoms with Crippen molar-refractivity contribution < 1.29 is 0 Å². The van der Waals surface area contributed by atoms with E-state index in [1.165, 1.54) is 19.5 Å². The van der Waals surface area contributed by atoms with Crippen LogP contribution < -0.4 is 10.2 Å². The highest BCUT2D eigenvalue weighted by molar-refractivity contribution is 5.85. The molecular formula is C15H26ClN5. The van der Waals surface area contributed by atoms with Crippen molar-refractivity contribution in [2.75, 3.05) is 50.7 Å². The van der Waals surface area contributed by atoms with Crippen molar-refractivity contribution in [1.29, 1.82) is 0 Å². The molecule has 0 aliphatic carbocycles. The molecule has 1 aromatic rings. The third kappa shape index (κ3) is 4.05. The Bertz CT molecular complexity index is 453. The van der Waals surface area contributed by atoms with Gasteiger partial charge in [-0.05, 0) is 31.4 Å². The van der Waals surface area contributed by atoms with Crippen LogP contribution >= 0.6 is 12.4 Å². The van der Waals surface area contributed by atoms with E-state index in [0.29, 0.717) is 5.41 Å². The molecule has 21 heavy (non-hydrogen) atoms. The molecule has 2 aliphatic rings. The molecular weight excluding hydrogens is 286 g/mol. The van der Waals surface area contributed by atoms with Gasteiger partial charge < -0.3 is 10.2 Å². The molecule has 0 amide bonds. The second-order valence-electron chi connectivity index (χ2n) is 6.46. The molecule has 1 N–H and O–H groups in total. The first-order valence-electron chi connectivity index (χ1n) is 7.62. The van der Waals surface area contributed by atoms with E-state index < -0.39 is 0 Å². The molecule has 6 heteroatoms. The normalized spacial score (nSPS) is 26.7. The van der Waals surface area contributed by atoms with Crippen molar-refractivity contribution >= 4 is 18.2 Å². The minimum absolute atomic E-state index is 0. The molecule has 2 fully saturated rings. The fourth-order valence-corrected chi connectivity index (χ4v) is 3.30. The first-order chi connectivity index (χ1) is 9.65. The molecule has 2 saturated heterocycles. The zero-order valence-corrected chi connectivity index (χ0v) is 13.8. The molecule has 1 atom stereocenters. The molecule has 0 saturated carbocycles. The maximum Gasteiger partial charge on any atom is 0.132 e. The van der Waals surface area contributed by atoms with Gasteiger partial charge in [-0.15, -0.1) is 12.4 Å². The number of hydrogen-bond acceptors (Lipinski definition) is 5. The second-order valence-corrected chi connectivity index (χ2v) is 6.46. The van der Waals surface area contributed by atoms with Crippen molar-refractivity contribution in [3.8, 4) is 0 Å². The molecule has 2 aliphatic heterocycles. The van der Waals surface area contributed by atoms with E-state index in [1.54, 1.807) is 0 Å². The quantitative estimate of drug-likeness (QED) is 0.912. The van der Waals surface area contributed by atoms with Crippen molar-refractivity contribution in [3.63, 3.8) is 0 Å². The number of aromatic nitrogens is 2. The smallest absolute Gasteiger partial charge is 0.132 e. The highest BCUT2D eigenvalue weighted by atomic mass is 35.5. The van der Waals surface area contributed by atoms with Crippen LogP contribution in [0.2, 0.25) is 0 Å². The highest BCUT2D eigenvalue weighted by Crippen LogP contribution is 2.26. The standard InChI is InChI=1S/C15H25N5.ClH/c1-13-17-5-3-14(18-13)20-9-7-19(8-10-20)12-15(2)4-6-16-11-15;/h3,5,16H,4,6-12H2,1-2H3;1H. The van der Waals surface area contributed by atoms with Gasteiger partial charge in [0.15, 0.2) is 0 Å². The summed E-state index contributed by atoms with van der Waals surface area (Å²) in [5.41, 5.74) is 0.466. The first kappa shape index (κ1) is 16.5. The van der Waals surface area contributed by atoms with Gasteiger partial charge in [0.1, 0.15) is 11.6 Å². The Morgan fingerprint density at radius 1 is 1.29 bits per heavy atom. The number of piperazine rings is 1. The van der Waals surface area contributed by atoms with Gasteiger partial charge in [-0.2, -0.15) is 0 Å². The summed E-state index contributed by atoms with van der Waals surface area (Å²) in [4.78, 5) is 13.7. The monoisotopic (exact) mass is 311 g/mol. The fourth-order valence-electron chi connectivity index (χ4n) is 3.30. The van der Waals surface area contributed by atoms with Crippen LogP contribution in [-0.2, 0) is 0 Å². The van der Waals surface area contributed by atoms with E-state index in [0.717, 1.165) is 44.4 Å². The van der Waals surface area contributed by atoms with Crippen LogP contribution in [0.3, 0.4) is 0 Å². The van der Waals surface area contributed by atoms with E-state index >= 15 is 0 Å². The highest BCUT2D eigenvalue weighted by Gasteiger charge is 2.31. The predicted molar refractivity (Wildman–Crippen MR) is 88.3 cm³/mol. The fraction of sp³-hybridized carbons (Fsp3) is 0.733. The van der Waals surface area contributed by atoms with E-state index in [4.69, 9.17) is 0 Å². The lowest BCUT2D eigenvalue weighted by molar-refractivity contribution is 0.169. The molecule has 0 bridgehead atoms. The van der Waals surface area contributed by atoms with Gasteiger partial charge in [-0.3, -0.25) is 4.90 Å². The summed E-state index contributed by atoms with van der Waals surface area (Å²) >= 11 is 0. The molecule has 5 nitrogen and oxygen atoms in total. The van der Waals surface area contributed by atoms with Gasteiger partial charge >= 0.3 is 0 Å². The van der Waals surface area contributed by atoms with Crippen LogP contribution in [0.15, 0.2) is 12.3 Å². The Hall–Kier alpha value is -0.910. The molecule has 118 valence electrons. The van der Waals surface area contributed by atoms with Crippen LogP contribution in [0.4, 0.5) is 5.82 Å². The summed E-state index contributed by atoms with van der Waals surface area (Å²) in [6, 6.07) is 2.02. The van der Waals surface area contributed by atoms with E-state index in [1.807, 2.05) is 19.2 Å². The summed E-state index contributed by atoms with van der Waals surface area (Å²) in [6.07, 6.45) is 3.16. The van der Waals surface area contributed by atoms with Crippen molar-refractivity contribution in [1.82, 2.24) is 20.2 Å². The van der Waals surface area contributed by atoms with Gasteiger partial charge in [-0.25, -0.2) is 9.97 Å². The number of aryl methyl sites for hydroxylation is 1. The van der Waals surface area contributed by atoms with Gasteiger partial charge in [0.25, 0.3) is 0 Å². The summed E-state index contributed by atoms with van der Waals surface area (Å²) in [7, 11) is 0. The predicted octanol–water partition coefficient (Wildman–Crippen LogP) is 1.33. The Morgan fingerprint density at radius 2 is 2.05 bits per heavy atom. The average Bonchev–Trinajstić information content (AvgIpc) is 2.86. The van der Waals surface area contributed by atoms with Gasteiger partial charge in [0.2, 0.25) is 0 Å². The minimum Gasteiger partial charge on any atom is -0.354 e. The van der Waals surface area contributed by atoms with Crippen LogP contribution in [0, 0.1) is 12.3 Å². The summed E-state index contributed by atoms with van der Waals surface area (Å²) in [5.74, 6) is 1.93. The number of hydrogen-bond donors (Lipinski definition) is 1. The summed E-state index contributed by atoms with van der Waals surface area (Å²) in [5, 5.41) is 3.49. The Kier molecular flexibility index (Phi) is 5.41. The summed E-state index contributed by atoms with van der Waals surface area (Å²) < 4.78 is 0. The lowest BCUT2D eigenvalue weighted by Gasteiger charge is -2.39. The SMILES string of the molecule is Cc1nccc(N2CCN(CC3(C)CCNC3)CC2)n1.Cl. The Labute approximate surface area is 133 Å². The van der Waals surface area contributed by atoms with E-state index in [-0.39, 0.29) is 12.4 Å². The number of anilines is 1. The lowest BCUT2D eigenvalue weighted by atomic mass is 9.89. The van der Waals surface area contributed by atoms with E-state index in [9.17, 15) is 0 Å². The van der Waals surface area contributed by atoms with Gasteiger partial charge in [0.05, 0.1) is 0 Å². The van der Waals surface area contributed by atoms with Crippen LogP contribution in [0.1, 0.15) is 19.2 Å². The number of nitrogens with one attached hydrogen (secondary N) is 1. The lowest BCUT2D eigenvalue weighted by Crippen LogP contribution is -2.50. The minimum atomic E-state index is 0. The van der Waals surface area contributed by atoms with Crippen LogP contribution in [0.25, 0.3) is 0 Å². The van der Waals surface area contributed by atoms with Gasteiger partial charge in [-0.1, -0.05) is 6.92 Å². The molecule has 1 unspecified atom stereocenters. The van der Waals surface area contributed by atoms with E-state index in [2.05, 4.69) is 32.0 Å². The molecule has 0 spiro atoms. The third-order valence-corrected chi connectivity index (χ3v) is 4.52. The maximum atomic E-state index is 4.53. The number of nitrogens with zero attached hydrogens (tertiary/aromatic N) is 4.